The lowest BCUT2D eigenvalue weighted by Crippen LogP contribution is -2.34. The summed E-state index contributed by atoms with van der Waals surface area (Å²) in [6.07, 6.45) is 6.80. The van der Waals surface area contributed by atoms with Crippen molar-refractivity contribution in [3.63, 3.8) is 0 Å². The van der Waals surface area contributed by atoms with Gasteiger partial charge >= 0.3 is 5.76 Å². The summed E-state index contributed by atoms with van der Waals surface area (Å²) >= 11 is 0. The fourth-order valence-corrected chi connectivity index (χ4v) is 5.44. The van der Waals surface area contributed by atoms with Gasteiger partial charge in [0.05, 0.1) is 0 Å². The molecule has 2 heterocycles. The van der Waals surface area contributed by atoms with Crippen LogP contribution >= 0.6 is 0 Å². The molecule has 198 valence electrons. The molecular weight excluding hydrogens is 484 g/mol. The minimum Gasteiger partial charge on any atom is -0.326 e. The van der Waals surface area contributed by atoms with Crippen molar-refractivity contribution in [3.05, 3.63) is 106 Å². The molecule has 0 atom stereocenters. The third-order valence-electron chi connectivity index (χ3n) is 7.75. The summed E-state index contributed by atoms with van der Waals surface area (Å²) in [6, 6.07) is 25.6. The van der Waals surface area contributed by atoms with Crippen LogP contribution in [0.4, 0.5) is 5.69 Å². The minimum atomic E-state index is -0.555. The second-order valence-corrected chi connectivity index (χ2v) is 10.6. The Balaban J connectivity index is 1.27. The Labute approximate surface area is 229 Å². The normalized spacial score (nSPS) is 15.5. The first-order chi connectivity index (χ1) is 19.1. The summed E-state index contributed by atoms with van der Waals surface area (Å²) in [6.45, 7) is 5.24. The second kappa shape index (κ2) is 10.9. The number of aliphatic imine (C=N–C) groups is 1. The van der Waals surface area contributed by atoms with Crippen LogP contribution in [0.25, 0.3) is 22.5 Å². The summed E-state index contributed by atoms with van der Waals surface area (Å²) in [4.78, 5) is 21.7. The van der Waals surface area contributed by atoms with E-state index in [1.54, 1.807) is 0 Å². The second-order valence-electron chi connectivity index (χ2n) is 10.6. The van der Waals surface area contributed by atoms with E-state index in [0.29, 0.717) is 5.82 Å². The summed E-state index contributed by atoms with van der Waals surface area (Å²) < 4.78 is 4.74. The maximum Gasteiger partial charge on any atom is 0.439 e. The van der Waals surface area contributed by atoms with E-state index in [-0.39, 0.29) is 0 Å². The average Bonchev–Trinajstić information content (AvgIpc) is 3.73. The highest BCUT2D eigenvalue weighted by Crippen LogP contribution is 2.41. The molecule has 0 radical (unpaired) electrons. The first-order valence-corrected chi connectivity index (χ1v) is 14.0. The van der Waals surface area contributed by atoms with Crippen molar-refractivity contribution >= 4 is 11.5 Å². The van der Waals surface area contributed by atoms with E-state index in [9.17, 15) is 4.79 Å². The van der Waals surface area contributed by atoms with Gasteiger partial charge in [0.25, 0.3) is 0 Å². The number of aromatic amines is 1. The molecule has 0 unspecified atom stereocenters. The van der Waals surface area contributed by atoms with E-state index in [1.165, 1.54) is 40.9 Å². The Kier molecular flexibility index (Phi) is 7.01. The first-order valence-electron chi connectivity index (χ1n) is 14.0. The van der Waals surface area contributed by atoms with Gasteiger partial charge in [-0.25, -0.2) is 9.79 Å². The summed E-state index contributed by atoms with van der Waals surface area (Å²) in [7, 11) is 0. The number of hydrogen-bond acceptors (Lipinski definition) is 5. The van der Waals surface area contributed by atoms with Gasteiger partial charge in [-0.15, -0.1) is 0 Å². The molecule has 1 aliphatic heterocycles. The van der Waals surface area contributed by atoms with E-state index in [2.05, 4.69) is 77.4 Å². The van der Waals surface area contributed by atoms with Gasteiger partial charge in [-0.1, -0.05) is 79.2 Å². The molecule has 3 aromatic carbocycles. The van der Waals surface area contributed by atoms with Crippen molar-refractivity contribution < 1.29 is 4.52 Å². The Morgan fingerprint density at radius 3 is 2.51 bits per heavy atom. The number of aromatic nitrogens is 2. The molecule has 39 heavy (non-hydrogen) atoms. The Hall–Kier alpha value is -4.19. The molecule has 1 aromatic heterocycles. The van der Waals surface area contributed by atoms with Crippen LogP contribution in [0.5, 0.6) is 0 Å². The van der Waals surface area contributed by atoms with Crippen LogP contribution in [0, 0.1) is 0 Å². The van der Waals surface area contributed by atoms with Crippen LogP contribution in [0.2, 0.25) is 0 Å². The van der Waals surface area contributed by atoms with Crippen LogP contribution in [-0.2, 0) is 6.42 Å². The van der Waals surface area contributed by atoms with Gasteiger partial charge < -0.3 is 4.90 Å². The fourth-order valence-electron chi connectivity index (χ4n) is 5.44. The third kappa shape index (κ3) is 5.51. The van der Waals surface area contributed by atoms with Crippen LogP contribution in [-0.4, -0.2) is 22.5 Å². The van der Waals surface area contributed by atoms with Gasteiger partial charge in [-0.3, -0.25) is 9.51 Å². The SMILES string of the molecule is CCCCC1=C(Cc2ccc(-c3ccccc3-c3noc(=O)[nH]3)cc2)CN(c2cccc(C3CC3)c2)C(C)=N1. The van der Waals surface area contributed by atoms with Gasteiger partial charge in [0.2, 0.25) is 0 Å². The molecule has 2 aliphatic rings. The maximum absolute atomic E-state index is 11.5. The number of benzene rings is 3. The molecule has 6 nitrogen and oxygen atoms in total. The Morgan fingerprint density at radius 2 is 1.79 bits per heavy atom. The molecule has 0 spiro atoms. The third-order valence-corrected chi connectivity index (χ3v) is 7.75. The van der Waals surface area contributed by atoms with E-state index >= 15 is 0 Å². The van der Waals surface area contributed by atoms with Crippen LogP contribution in [0.3, 0.4) is 0 Å². The van der Waals surface area contributed by atoms with Crippen LogP contribution in [0.15, 0.2) is 98.4 Å². The van der Waals surface area contributed by atoms with Gasteiger partial charge in [0, 0.05) is 23.5 Å². The van der Waals surface area contributed by atoms with Gasteiger partial charge in [-0.05, 0) is 84.9 Å². The lowest BCUT2D eigenvalue weighted by Gasteiger charge is -2.31. The zero-order valence-electron chi connectivity index (χ0n) is 22.6. The predicted octanol–water partition coefficient (Wildman–Crippen LogP) is 7.50. The maximum atomic E-state index is 11.5. The summed E-state index contributed by atoms with van der Waals surface area (Å²) in [5.74, 6) is 1.69. The van der Waals surface area contributed by atoms with Crippen molar-refractivity contribution in [2.75, 3.05) is 11.4 Å². The molecule has 1 aliphatic carbocycles. The summed E-state index contributed by atoms with van der Waals surface area (Å²) in [5.41, 5.74) is 9.48. The zero-order chi connectivity index (χ0) is 26.8. The van der Waals surface area contributed by atoms with E-state index in [4.69, 9.17) is 9.52 Å². The summed E-state index contributed by atoms with van der Waals surface area (Å²) in [5, 5.41) is 3.89. The number of nitrogens with one attached hydrogen (secondary N) is 1. The number of hydrogen-bond donors (Lipinski definition) is 1. The van der Waals surface area contributed by atoms with Crippen LogP contribution < -0.4 is 10.7 Å². The zero-order valence-corrected chi connectivity index (χ0v) is 22.6. The molecular formula is C33H34N4O2. The molecule has 0 saturated heterocycles. The highest BCUT2D eigenvalue weighted by Gasteiger charge is 2.26. The Bertz CT molecular complexity index is 1590. The van der Waals surface area contributed by atoms with Crippen molar-refractivity contribution in [3.8, 4) is 22.5 Å². The number of unbranched alkanes of at least 4 members (excludes halogenated alkanes) is 1. The number of amidine groups is 1. The number of nitrogens with zero attached hydrogens (tertiary/aromatic N) is 3. The van der Waals surface area contributed by atoms with E-state index < -0.39 is 5.76 Å². The van der Waals surface area contributed by atoms with Crippen molar-refractivity contribution in [1.82, 2.24) is 10.1 Å². The van der Waals surface area contributed by atoms with Crippen molar-refractivity contribution in [2.45, 2.75) is 58.3 Å². The Morgan fingerprint density at radius 1 is 1.00 bits per heavy atom. The molecule has 1 fully saturated rings. The largest absolute Gasteiger partial charge is 0.439 e. The fraction of sp³-hybridized carbons (Fsp3) is 0.303. The smallest absolute Gasteiger partial charge is 0.326 e. The van der Waals surface area contributed by atoms with Gasteiger partial charge in [0.15, 0.2) is 5.82 Å². The molecule has 6 rings (SSSR count). The molecule has 4 aromatic rings. The molecule has 0 amide bonds. The highest BCUT2D eigenvalue weighted by molar-refractivity contribution is 5.98. The van der Waals surface area contributed by atoms with Gasteiger partial charge in [-0.2, -0.15) is 0 Å². The lowest BCUT2D eigenvalue weighted by molar-refractivity contribution is 0.388. The number of allylic oxidation sites excluding steroid dienone is 1. The van der Waals surface area contributed by atoms with Crippen molar-refractivity contribution in [2.24, 2.45) is 4.99 Å². The molecule has 1 N–H and O–H groups in total. The molecule has 1 saturated carbocycles. The highest BCUT2D eigenvalue weighted by atomic mass is 16.5. The van der Waals surface area contributed by atoms with Crippen LogP contribution in [0.1, 0.15) is 63.0 Å². The predicted molar refractivity (Wildman–Crippen MR) is 157 cm³/mol. The monoisotopic (exact) mass is 518 g/mol. The topological polar surface area (TPSA) is 74.5 Å². The quantitative estimate of drug-likeness (QED) is 0.249. The van der Waals surface area contributed by atoms with Crippen molar-refractivity contribution in [1.29, 1.82) is 0 Å². The average molecular weight is 519 g/mol. The number of anilines is 1. The number of H-pyrrole nitrogens is 1. The van der Waals surface area contributed by atoms with Gasteiger partial charge in [0.1, 0.15) is 5.84 Å². The minimum absolute atomic E-state index is 0.437. The molecule has 0 bridgehead atoms. The lowest BCUT2D eigenvalue weighted by atomic mass is 9.95. The standard InChI is InChI=1S/C33H34N4O2/c1-3-4-12-31-27(21-37(22(2)34-31)28-9-7-8-26(20-28)24-17-18-24)19-23-13-15-25(16-14-23)29-10-5-6-11-30(29)32-35-33(38)39-36-32/h5-11,13-16,20,24H,3-4,12,17-19,21H2,1-2H3,(H,35,36,38). The number of rotatable bonds is 9. The molecule has 6 heteroatoms. The van der Waals surface area contributed by atoms with E-state index in [0.717, 1.165) is 60.7 Å². The first kappa shape index (κ1) is 25.1. The van der Waals surface area contributed by atoms with E-state index in [1.807, 2.05) is 24.3 Å².